The number of hydrogen-bond donors (Lipinski definition) is 2. The number of nitrogens with one attached hydrogen (secondary N) is 2. The summed E-state index contributed by atoms with van der Waals surface area (Å²) in [4.78, 5) is 24.8. The molecule has 0 saturated heterocycles. The van der Waals surface area contributed by atoms with Crippen molar-refractivity contribution < 1.29 is 14.3 Å². The second-order valence-electron chi connectivity index (χ2n) is 7.45. The molecule has 0 aliphatic heterocycles. The first-order valence-corrected chi connectivity index (χ1v) is 9.38. The maximum Gasteiger partial charge on any atom is 0.259 e. The summed E-state index contributed by atoms with van der Waals surface area (Å²) in [5.41, 5.74) is 2.81. The van der Waals surface area contributed by atoms with E-state index < -0.39 is 0 Å². The minimum absolute atomic E-state index is 0.0500. The van der Waals surface area contributed by atoms with Crippen LogP contribution in [0, 0.1) is 18.8 Å². The summed E-state index contributed by atoms with van der Waals surface area (Å²) in [6.07, 6.45) is 1.91. The first-order valence-electron chi connectivity index (χ1n) is 9.38. The van der Waals surface area contributed by atoms with Crippen LogP contribution in [0.3, 0.4) is 0 Å². The molecule has 27 heavy (non-hydrogen) atoms. The second-order valence-corrected chi connectivity index (χ2v) is 7.45. The van der Waals surface area contributed by atoms with Crippen molar-refractivity contribution in [3.8, 4) is 5.75 Å². The monoisotopic (exact) mass is 366 g/mol. The number of carbonyl (C=O) groups excluding carboxylic acids is 2. The van der Waals surface area contributed by atoms with Crippen LogP contribution in [-0.2, 0) is 4.79 Å². The smallest absolute Gasteiger partial charge is 0.259 e. The molecular weight excluding hydrogens is 340 g/mol. The molecule has 0 radical (unpaired) electrons. The molecule has 0 unspecified atom stereocenters. The Kier molecular flexibility index (Phi) is 5.79. The molecule has 5 heteroatoms. The van der Waals surface area contributed by atoms with E-state index in [1.54, 1.807) is 18.2 Å². The number of benzene rings is 2. The first kappa shape index (κ1) is 19.0. The normalized spacial score (nSPS) is 13.3. The van der Waals surface area contributed by atoms with Gasteiger partial charge in [-0.05, 0) is 55.5 Å². The minimum Gasteiger partial charge on any atom is -0.492 e. The number of anilines is 2. The first-order chi connectivity index (χ1) is 12.9. The standard InChI is InChI=1S/C22H26N2O3/c1-14(2)13-27-20-7-5-4-6-18(20)22(26)23-17-11-8-15(3)19(12-17)24-21(25)16-9-10-16/h4-8,11-12,14,16H,9-10,13H2,1-3H3,(H,23,26)(H,24,25). The van der Waals surface area contributed by atoms with Crippen molar-refractivity contribution in [2.24, 2.45) is 11.8 Å². The average molecular weight is 366 g/mol. The van der Waals surface area contributed by atoms with Crippen molar-refractivity contribution in [3.05, 3.63) is 53.6 Å². The molecule has 3 rings (SSSR count). The van der Waals surface area contributed by atoms with Gasteiger partial charge >= 0.3 is 0 Å². The van der Waals surface area contributed by atoms with Crippen LogP contribution in [0.5, 0.6) is 5.75 Å². The lowest BCUT2D eigenvalue weighted by Gasteiger charge is -2.14. The van der Waals surface area contributed by atoms with Crippen LogP contribution in [0.15, 0.2) is 42.5 Å². The van der Waals surface area contributed by atoms with Gasteiger partial charge in [-0.15, -0.1) is 0 Å². The maximum atomic E-state index is 12.7. The van der Waals surface area contributed by atoms with Gasteiger partial charge in [-0.2, -0.15) is 0 Å². The van der Waals surface area contributed by atoms with Crippen molar-refractivity contribution >= 4 is 23.2 Å². The average Bonchev–Trinajstić information content (AvgIpc) is 3.48. The number of carbonyl (C=O) groups is 2. The molecule has 1 aliphatic carbocycles. The van der Waals surface area contributed by atoms with Crippen molar-refractivity contribution in [1.29, 1.82) is 0 Å². The van der Waals surface area contributed by atoms with Gasteiger partial charge in [0.1, 0.15) is 5.75 Å². The van der Waals surface area contributed by atoms with Crippen LogP contribution in [0.25, 0.3) is 0 Å². The van der Waals surface area contributed by atoms with E-state index in [4.69, 9.17) is 4.74 Å². The van der Waals surface area contributed by atoms with Crippen LogP contribution in [0.1, 0.15) is 42.6 Å². The summed E-state index contributed by atoms with van der Waals surface area (Å²) in [6, 6.07) is 12.7. The van der Waals surface area contributed by atoms with Gasteiger partial charge in [-0.3, -0.25) is 9.59 Å². The van der Waals surface area contributed by atoms with Gasteiger partial charge in [-0.25, -0.2) is 0 Å². The molecule has 0 atom stereocenters. The van der Waals surface area contributed by atoms with Gasteiger partial charge in [0.25, 0.3) is 5.91 Å². The van der Waals surface area contributed by atoms with Crippen LogP contribution >= 0.6 is 0 Å². The van der Waals surface area contributed by atoms with E-state index in [2.05, 4.69) is 24.5 Å². The molecule has 0 bridgehead atoms. The van der Waals surface area contributed by atoms with Gasteiger partial charge < -0.3 is 15.4 Å². The minimum atomic E-state index is -0.238. The molecule has 0 spiro atoms. The number of para-hydroxylation sites is 1. The van der Waals surface area contributed by atoms with E-state index in [9.17, 15) is 9.59 Å². The predicted octanol–water partition coefficient (Wildman–Crippen LogP) is 4.63. The molecule has 2 amide bonds. The molecule has 142 valence electrons. The van der Waals surface area contributed by atoms with E-state index >= 15 is 0 Å². The third kappa shape index (κ3) is 5.09. The molecule has 1 aliphatic rings. The Morgan fingerprint density at radius 3 is 2.56 bits per heavy atom. The fourth-order valence-corrected chi connectivity index (χ4v) is 2.65. The third-order valence-corrected chi connectivity index (χ3v) is 4.41. The SMILES string of the molecule is Cc1ccc(NC(=O)c2ccccc2OCC(C)C)cc1NC(=O)C1CC1. The summed E-state index contributed by atoms with van der Waals surface area (Å²) in [5.74, 6) is 0.883. The lowest BCUT2D eigenvalue weighted by molar-refractivity contribution is -0.117. The number of amides is 2. The van der Waals surface area contributed by atoms with E-state index in [1.807, 2.05) is 31.2 Å². The third-order valence-electron chi connectivity index (χ3n) is 4.41. The van der Waals surface area contributed by atoms with Crippen LogP contribution in [-0.4, -0.2) is 18.4 Å². The molecule has 1 fully saturated rings. The van der Waals surface area contributed by atoms with E-state index in [1.165, 1.54) is 0 Å². The number of hydrogen-bond acceptors (Lipinski definition) is 3. The summed E-state index contributed by atoms with van der Waals surface area (Å²) < 4.78 is 5.77. The number of aryl methyl sites for hydroxylation is 1. The Morgan fingerprint density at radius 2 is 1.85 bits per heavy atom. The molecular formula is C22H26N2O3. The Labute approximate surface area is 160 Å². The van der Waals surface area contributed by atoms with Crippen LogP contribution in [0.4, 0.5) is 11.4 Å². The second kappa shape index (κ2) is 8.25. The van der Waals surface area contributed by atoms with Crippen molar-refractivity contribution in [1.82, 2.24) is 0 Å². The fraction of sp³-hybridized carbons (Fsp3) is 0.364. The highest BCUT2D eigenvalue weighted by Gasteiger charge is 2.29. The summed E-state index contributed by atoms with van der Waals surface area (Å²) in [5, 5.41) is 5.86. The predicted molar refractivity (Wildman–Crippen MR) is 107 cm³/mol. The zero-order valence-corrected chi connectivity index (χ0v) is 16.0. The Balaban J connectivity index is 1.73. The van der Waals surface area contributed by atoms with Crippen molar-refractivity contribution in [2.75, 3.05) is 17.2 Å². The number of rotatable bonds is 7. The molecule has 2 aromatic rings. The zero-order valence-electron chi connectivity index (χ0n) is 16.0. The van der Waals surface area contributed by atoms with E-state index in [0.29, 0.717) is 29.5 Å². The summed E-state index contributed by atoms with van der Waals surface area (Å²) in [7, 11) is 0. The zero-order chi connectivity index (χ0) is 19.4. The Hall–Kier alpha value is -2.82. The van der Waals surface area contributed by atoms with E-state index in [0.717, 1.165) is 24.1 Å². The van der Waals surface area contributed by atoms with Crippen LogP contribution in [0.2, 0.25) is 0 Å². The highest BCUT2D eigenvalue weighted by atomic mass is 16.5. The highest BCUT2D eigenvalue weighted by Crippen LogP contribution is 2.31. The van der Waals surface area contributed by atoms with Crippen molar-refractivity contribution in [2.45, 2.75) is 33.6 Å². The molecule has 2 N–H and O–H groups in total. The lowest BCUT2D eigenvalue weighted by atomic mass is 10.1. The summed E-state index contributed by atoms with van der Waals surface area (Å²) in [6.45, 7) is 6.61. The van der Waals surface area contributed by atoms with Gasteiger partial charge in [0, 0.05) is 17.3 Å². The quantitative estimate of drug-likeness (QED) is 0.751. The largest absolute Gasteiger partial charge is 0.492 e. The summed E-state index contributed by atoms with van der Waals surface area (Å²) >= 11 is 0. The van der Waals surface area contributed by atoms with Gasteiger partial charge in [0.05, 0.1) is 12.2 Å². The van der Waals surface area contributed by atoms with Gasteiger partial charge in [0.15, 0.2) is 0 Å². The highest BCUT2D eigenvalue weighted by molar-refractivity contribution is 6.06. The topological polar surface area (TPSA) is 67.4 Å². The molecule has 5 nitrogen and oxygen atoms in total. The fourth-order valence-electron chi connectivity index (χ4n) is 2.65. The van der Waals surface area contributed by atoms with Gasteiger partial charge in [0.2, 0.25) is 5.91 Å². The lowest BCUT2D eigenvalue weighted by Crippen LogP contribution is -2.16. The maximum absolute atomic E-state index is 12.7. The molecule has 0 aromatic heterocycles. The van der Waals surface area contributed by atoms with Crippen LogP contribution < -0.4 is 15.4 Å². The Morgan fingerprint density at radius 1 is 1.11 bits per heavy atom. The van der Waals surface area contributed by atoms with E-state index in [-0.39, 0.29) is 17.7 Å². The van der Waals surface area contributed by atoms with Gasteiger partial charge in [-0.1, -0.05) is 32.0 Å². The number of ether oxygens (including phenoxy) is 1. The van der Waals surface area contributed by atoms with Crippen molar-refractivity contribution in [3.63, 3.8) is 0 Å². The molecule has 2 aromatic carbocycles. The molecule has 1 saturated carbocycles. The Bertz CT molecular complexity index is 841. The molecule has 0 heterocycles.